The summed E-state index contributed by atoms with van der Waals surface area (Å²) >= 11 is 5.42. The van der Waals surface area contributed by atoms with Crippen molar-refractivity contribution in [3.05, 3.63) is 11.6 Å². The molecule has 1 unspecified atom stereocenters. The zero-order valence-electron chi connectivity index (χ0n) is 8.30. The van der Waals surface area contributed by atoms with Gasteiger partial charge >= 0.3 is 0 Å². The number of hydrogen-bond acceptors (Lipinski definition) is 2. The maximum atomic E-state index is 5.42. The van der Waals surface area contributed by atoms with E-state index in [1.54, 1.807) is 5.54 Å². The normalized spacial score (nSPS) is 21.4. The molecular weight excluding hydrogens is 184 g/mol. The van der Waals surface area contributed by atoms with Crippen molar-refractivity contribution in [3.63, 3.8) is 0 Å². The Labute approximate surface area is 85.9 Å². The second-order valence-electron chi connectivity index (χ2n) is 3.68. The third-order valence-electron chi connectivity index (χ3n) is 2.40. The summed E-state index contributed by atoms with van der Waals surface area (Å²) in [5.41, 5.74) is 1.57. The van der Waals surface area contributed by atoms with Gasteiger partial charge in [-0.15, -0.1) is 0 Å². The van der Waals surface area contributed by atoms with Gasteiger partial charge in [0.2, 0.25) is 0 Å². The molecule has 0 aromatic heterocycles. The van der Waals surface area contributed by atoms with E-state index >= 15 is 0 Å². The van der Waals surface area contributed by atoms with Crippen molar-refractivity contribution in [1.29, 1.82) is 0 Å². The Kier molecular flexibility index (Phi) is 5.44. The first kappa shape index (κ1) is 11.0. The van der Waals surface area contributed by atoms with E-state index in [4.69, 9.17) is 11.6 Å². The maximum absolute atomic E-state index is 5.42. The molecule has 0 aromatic rings. The highest BCUT2D eigenvalue weighted by molar-refractivity contribution is 6.25. The van der Waals surface area contributed by atoms with E-state index in [1.807, 2.05) is 6.08 Å². The van der Waals surface area contributed by atoms with Crippen LogP contribution in [0.5, 0.6) is 0 Å². The van der Waals surface area contributed by atoms with E-state index < -0.39 is 0 Å². The molecule has 1 aliphatic heterocycles. The van der Waals surface area contributed by atoms with Gasteiger partial charge in [0.05, 0.1) is 0 Å². The number of nitrogens with one attached hydrogen (secondary N) is 1. The lowest BCUT2D eigenvalue weighted by molar-refractivity contribution is 0.302. The van der Waals surface area contributed by atoms with Gasteiger partial charge in [-0.25, -0.2) is 0 Å². The number of hydrogen-bond donors (Lipinski definition) is 1. The minimum absolute atomic E-state index is 0.561. The average Bonchev–Trinajstić information content (AvgIpc) is 2.57. The molecule has 0 saturated carbocycles. The van der Waals surface area contributed by atoms with Crippen LogP contribution in [-0.4, -0.2) is 37.1 Å². The van der Waals surface area contributed by atoms with Crippen molar-refractivity contribution >= 4 is 11.6 Å². The van der Waals surface area contributed by atoms with Gasteiger partial charge in [-0.3, -0.25) is 0 Å². The summed E-state index contributed by atoms with van der Waals surface area (Å²) in [6, 6.07) is 0.561. The number of nitrogens with zero attached hydrogens (tertiary/aromatic N) is 1. The van der Waals surface area contributed by atoms with Crippen molar-refractivity contribution in [3.8, 4) is 0 Å². The molecule has 1 rings (SSSR count). The monoisotopic (exact) mass is 202 g/mol. The van der Waals surface area contributed by atoms with Gasteiger partial charge in [0.15, 0.2) is 0 Å². The van der Waals surface area contributed by atoms with Crippen LogP contribution < -0.4 is 5.32 Å². The number of likely N-dealkylation sites (tertiary alicyclic amines) is 1. The Morgan fingerprint density at radius 3 is 2.77 bits per heavy atom. The largest absolute Gasteiger partial charge is 0.309 e. The molecule has 0 aromatic carbocycles. The highest BCUT2D eigenvalue weighted by atomic mass is 35.5. The molecule has 0 aliphatic carbocycles. The molecule has 13 heavy (non-hydrogen) atoms. The molecule has 0 radical (unpaired) electrons. The zero-order valence-corrected chi connectivity index (χ0v) is 9.06. The Hall–Kier alpha value is -0.0500. The second-order valence-corrected chi connectivity index (χ2v) is 3.93. The van der Waals surface area contributed by atoms with E-state index in [2.05, 4.69) is 17.1 Å². The Balaban J connectivity index is 2.05. The Morgan fingerprint density at radius 2 is 2.15 bits per heavy atom. The highest BCUT2D eigenvalue weighted by Crippen LogP contribution is 2.07. The summed E-state index contributed by atoms with van der Waals surface area (Å²) in [5.74, 6) is 0. The van der Waals surface area contributed by atoms with Crippen LogP contribution in [0.3, 0.4) is 0 Å². The molecule has 0 bridgehead atoms. The van der Waals surface area contributed by atoms with Crippen LogP contribution in [0.1, 0.15) is 19.8 Å². The van der Waals surface area contributed by atoms with Crippen LogP contribution in [0.2, 0.25) is 0 Å². The van der Waals surface area contributed by atoms with Crippen molar-refractivity contribution in [2.45, 2.75) is 25.8 Å². The van der Waals surface area contributed by atoms with Crippen LogP contribution in [-0.2, 0) is 0 Å². The molecular formula is C10H19ClN2. The first-order chi connectivity index (χ1) is 6.33. The van der Waals surface area contributed by atoms with E-state index in [-0.39, 0.29) is 0 Å². The van der Waals surface area contributed by atoms with Crippen molar-refractivity contribution < 1.29 is 0 Å². The molecule has 1 aliphatic rings. The van der Waals surface area contributed by atoms with Gasteiger partial charge in [0.25, 0.3) is 0 Å². The summed E-state index contributed by atoms with van der Waals surface area (Å²) in [5, 5.41) is 3.40. The number of halogens is 1. The highest BCUT2D eigenvalue weighted by Gasteiger charge is 2.13. The molecule has 76 valence electrons. The molecule has 0 spiro atoms. The van der Waals surface area contributed by atoms with E-state index in [9.17, 15) is 0 Å². The smallest absolute Gasteiger partial charge is 0.0169 e. The lowest BCUT2D eigenvalue weighted by atomic mass is 10.3. The minimum Gasteiger partial charge on any atom is -0.309 e. The SMILES string of the molecule is CC(CN1CCCC1)NC/C=C/Cl. The standard InChI is InChI=1S/C10H19ClN2/c1-10(12-6-4-5-11)9-13-7-2-3-8-13/h4-5,10,12H,2-3,6-9H2,1H3/b5-4+. The molecule has 2 nitrogen and oxygen atoms in total. The van der Waals surface area contributed by atoms with E-state index in [1.165, 1.54) is 25.9 Å². The average molecular weight is 203 g/mol. The topological polar surface area (TPSA) is 15.3 Å². The molecule has 1 N–H and O–H groups in total. The minimum atomic E-state index is 0.561. The van der Waals surface area contributed by atoms with Crippen LogP contribution in [0, 0.1) is 0 Å². The summed E-state index contributed by atoms with van der Waals surface area (Å²) in [7, 11) is 0. The fraction of sp³-hybridized carbons (Fsp3) is 0.800. The number of rotatable bonds is 5. The van der Waals surface area contributed by atoms with Crippen molar-refractivity contribution in [2.75, 3.05) is 26.2 Å². The van der Waals surface area contributed by atoms with E-state index in [0.29, 0.717) is 6.04 Å². The molecule has 1 saturated heterocycles. The molecule has 0 amide bonds. The lowest BCUT2D eigenvalue weighted by Gasteiger charge is -2.20. The summed E-state index contributed by atoms with van der Waals surface area (Å²) in [4.78, 5) is 2.52. The van der Waals surface area contributed by atoms with E-state index in [0.717, 1.165) is 13.1 Å². The summed E-state index contributed by atoms with van der Waals surface area (Å²) in [6.45, 7) is 6.81. The third-order valence-corrected chi connectivity index (χ3v) is 2.58. The predicted octanol–water partition coefficient (Wildman–Crippen LogP) is 1.81. The quantitative estimate of drug-likeness (QED) is 0.732. The Bertz CT molecular complexity index is 153. The van der Waals surface area contributed by atoms with Gasteiger partial charge in [-0.05, 0) is 32.9 Å². The van der Waals surface area contributed by atoms with Crippen LogP contribution >= 0.6 is 11.6 Å². The van der Waals surface area contributed by atoms with Gasteiger partial charge in [-0.1, -0.05) is 17.7 Å². The summed E-state index contributed by atoms with van der Waals surface area (Å²) in [6.07, 6.45) is 4.67. The van der Waals surface area contributed by atoms with Gasteiger partial charge in [-0.2, -0.15) is 0 Å². The third kappa shape index (κ3) is 4.65. The first-order valence-corrected chi connectivity index (χ1v) is 5.47. The Morgan fingerprint density at radius 1 is 1.46 bits per heavy atom. The van der Waals surface area contributed by atoms with Crippen LogP contribution in [0.25, 0.3) is 0 Å². The van der Waals surface area contributed by atoms with Gasteiger partial charge < -0.3 is 10.2 Å². The molecule has 1 fully saturated rings. The maximum Gasteiger partial charge on any atom is 0.0169 e. The van der Waals surface area contributed by atoms with Gasteiger partial charge in [0.1, 0.15) is 0 Å². The van der Waals surface area contributed by atoms with Crippen LogP contribution in [0.4, 0.5) is 0 Å². The molecule has 1 atom stereocenters. The van der Waals surface area contributed by atoms with Crippen LogP contribution in [0.15, 0.2) is 11.6 Å². The zero-order chi connectivity index (χ0) is 9.52. The fourth-order valence-electron chi connectivity index (χ4n) is 1.73. The molecule has 1 heterocycles. The predicted molar refractivity (Wildman–Crippen MR) is 58.1 cm³/mol. The summed E-state index contributed by atoms with van der Waals surface area (Å²) < 4.78 is 0. The van der Waals surface area contributed by atoms with Crippen molar-refractivity contribution in [1.82, 2.24) is 10.2 Å². The second kappa shape index (κ2) is 6.41. The van der Waals surface area contributed by atoms with Gasteiger partial charge in [0, 0.05) is 24.7 Å². The molecule has 3 heteroatoms. The van der Waals surface area contributed by atoms with Crippen molar-refractivity contribution in [2.24, 2.45) is 0 Å². The fourth-order valence-corrected chi connectivity index (χ4v) is 1.82. The lowest BCUT2D eigenvalue weighted by Crippen LogP contribution is -2.37. The first-order valence-electron chi connectivity index (χ1n) is 5.04.